The predicted octanol–water partition coefficient (Wildman–Crippen LogP) is 16.9. The van der Waals surface area contributed by atoms with Crippen molar-refractivity contribution in [2.24, 2.45) is 0 Å². The van der Waals surface area contributed by atoms with E-state index in [1.807, 2.05) is 0 Å². The lowest BCUT2D eigenvalue weighted by Crippen LogP contribution is -2.13. The van der Waals surface area contributed by atoms with Crippen molar-refractivity contribution >= 4 is 99.5 Å². The highest BCUT2D eigenvalue weighted by molar-refractivity contribution is 6.20. The summed E-state index contributed by atoms with van der Waals surface area (Å²) in [6, 6.07) is 55.2. The van der Waals surface area contributed by atoms with Crippen LogP contribution in [0, 0.1) is 48.5 Å². The van der Waals surface area contributed by atoms with Gasteiger partial charge in [-0.3, -0.25) is 0 Å². The molecule has 2 heterocycles. The summed E-state index contributed by atoms with van der Waals surface area (Å²) in [6.07, 6.45) is 0. The molecule has 0 aliphatic rings. The van der Waals surface area contributed by atoms with Crippen molar-refractivity contribution in [3.63, 3.8) is 0 Å². The van der Waals surface area contributed by atoms with Gasteiger partial charge in [-0.05, 0) is 182 Å². The number of furan rings is 2. The zero-order valence-electron chi connectivity index (χ0n) is 35.6. The minimum atomic E-state index is 0.864. The number of benzene rings is 9. The van der Waals surface area contributed by atoms with E-state index in [-0.39, 0.29) is 0 Å². The molecule has 0 unspecified atom stereocenters. The largest absolute Gasteiger partial charge is 0.456 e. The molecule has 0 atom stereocenters. The van der Waals surface area contributed by atoms with Crippen molar-refractivity contribution in [1.82, 2.24) is 0 Å². The molecule has 4 nitrogen and oxygen atoms in total. The fourth-order valence-corrected chi connectivity index (χ4v) is 9.46. The Hall–Kier alpha value is -7.30. The van der Waals surface area contributed by atoms with Crippen LogP contribution in [0.15, 0.2) is 160 Å². The number of hydrogen-bond donors (Lipinski definition) is 0. The first kappa shape index (κ1) is 36.8. The number of hydrogen-bond acceptors (Lipinski definition) is 4. The van der Waals surface area contributed by atoms with E-state index in [0.29, 0.717) is 0 Å². The van der Waals surface area contributed by atoms with Gasteiger partial charge in [0, 0.05) is 61.2 Å². The van der Waals surface area contributed by atoms with Crippen molar-refractivity contribution in [2.75, 3.05) is 9.80 Å². The van der Waals surface area contributed by atoms with Crippen LogP contribution in [-0.2, 0) is 0 Å². The Labute approximate surface area is 355 Å². The predicted molar refractivity (Wildman–Crippen MR) is 259 cm³/mol. The first-order valence-corrected chi connectivity index (χ1v) is 21.2. The molecule has 2 aromatic heterocycles. The van der Waals surface area contributed by atoms with Gasteiger partial charge in [0.2, 0.25) is 0 Å². The second-order valence-electron chi connectivity index (χ2n) is 16.9. The summed E-state index contributed by atoms with van der Waals surface area (Å²) in [5, 5.41) is 9.00. The highest BCUT2D eigenvalue weighted by Gasteiger charge is 2.22. The Morgan fingerprint density at radius 1 is 0.311 bits per heavy atom. The second-order valence-corrected chi connectivity index (χ2v) is 16.9. The summed E-state index contributed by atoms with van der Waals surface area (Å²) in [4.78, 5) is 4.78. The first-order chi connectivity index (χ1) is 29.6. The molecule has 0 N–H and O–H groups in total. The van der Waals surface area contributed by atoms with Crippen molar-refractivity contribution in [1.29, 1.82) is 0 Å². The lowest BCUT2D eigenvalue weighted by molar-refractivity contribution is 0.651. The van der Waals surface area contributed by atoms with Crippen molar-refractivity contribution in [3.8, 4) is 0 Å². The van der Waals surface area contributed by atoms with E-state index in [1.54, 1.807) is 0 Å². The number of fused-ring (bicyclic) bond motifs is 8. The van der Waals surface area contributed by atoms with Crippen LogP contribution in [0.2, 0.25) is 0 Å². The van der Waals surface area contributed by atoms with Gasteiger partial charge in [0.15, 0.2) is 0 Å². The molecule has 0 fully saturated rings. The summed E-state index contributed by atoms with van der Waals surface area (Å²) < 4.78 is 13.5. The van der Waals surface area contributed by atoms with Gasteiger partial charge in [-0.25, -0.2) is 0 Å². The highest BCUT2D eigenvalue weighted by atomic mass is 16.3. The van der Waals surface area contributed by atoms with Crippen LogP contribution >= 0.6 is 0 Å². The smallest absolute Gasteiger partial charge is 0.142 e. The van der Waals surface area contributed by atoms with E-state index in [0.717, 1.165) is 71.6 Å². The van der Waals surface area contributed by atoms with Crippen LogP contribution in [0.1, 0.15) is 38.9 Å². The molecule has 0 spiro atoms. The topological polar surface area (TPSA) is 32.8 Å². The zero-order valence-corrected chi connectivity index (χ0v) is 35.6. The van der Waals surface area contributed by atoms with E-state index in [9.17, 15) is 0 Å². The van der Waals surface area contributed by atoms with Gasteiger partial charge in [-0.2, -0.15) is 0 Å². The molecule has 61 heavy (non-hydrogen) atoms. The maximum atomic E-state index is 6.77. The van der Waals surface area contributed by atoms with E-state index < -0.39 is 0 Å². The van der Waals surface area contributed by atoms with E-state index in [2.05, 4.69) is 210 Å². The third-order valence-corrected chi connectivity index (χ3v) is 13.2. The Morgan fingerprint density at radius 2 is 0.721 bits per heavy atom. The molecular weight excluding hydrogens is 745 g/mol. The number of aryl methyl sites for hydroxylation is 5. The lowest BCUT2D eigenvalue weighted by atomic mass is 10.00. The van der Waals surface area contributed by atoms with Crippen LogP contribution in [0.4, 0.5) is 34.1 Å². The molecule has 0 aliphatic heterocycles. The van der Waals surface area contributed by atoms with Crippen molar-refractivity contribution in [2.45, 2.75) is 48.5 Å². The van der Waals surface area contributed by atoms with Gasteiger partial charge >= 0.3 is 0 Å². The molecule has 0 bridgehead atoms. The maximum Gasteiger partial charge on any atom is 0.142 e. The van der Waals surface area contributed by atoms with Gasteiger partial charge < -0.3 is 18.6 Å². The monoisotopic (exact) mass is 790 g/mol. The van der Waals surface area contributed by atoms with Crippen molar-refractivity contribution in [3.05, 3.63) is 191 Å². The third kappa shape index (κ3) is 5.81. The first-order valence-electron chi connectivity index (χ1n) is 21.2. The van der Waals surface area contributed by atoms with Gasteiger partial charge in [-0.1, -0.05) is 72.8 Å². The van der Waals surface area contributed by atoms with Gasteiger partial charge in [-0.15, -0.1) is 0 Å². The fraction of sp³-hybridized carbons (Fsp3) is 0.123. The van der Waals surface area contributed by atoms with Gasteiger partial charge in [0.1, 0.15) is 22.3 Å². The minimum Gasteiger partial charge on any atom is -0.456 e. The van der Waals surface area contributed by atoms with Crippen LogP contribution < -0.4 is 9.80 Å². The third-order valence-electron chi connectivity index (χ3n) is 13.2. The summed E-state index contributed by atoms with van der Waals surface area (Å²) >= 11 is 0. The second kappa shape index (κ2) is 13.9. The lowest BCUT2D eigenvalue weighted by Gasteiger charge is -2.29. The fourth-order valence-electron chi connectivity index (χ4n) is 9.46. The molecular formula is C57H46N2O2. The molecule has 11 aromatic rings. The van der Waals surface area contributed by atoms with Crippen LogP contribution in [0.25, 0.3) is 65.4 Å². The molecule has 11 rings (SSSR count). The highest BCUT2D eigenvalue weighted by Crippen LogP contribution is 2.45. The minimum absolute atomic E-state index is 0.864. The summed E-state index contributed by atoms with van der Waals surface area (Å²) in [5.41, 5.74) is 18.9. The summed E-state index contributed by atoms with van der Waals surface area (Å²) in [5.74, 6) is 0. The Kier molecular flexibility index (Phi) is 8.37. The van der Waals surface area contributed by atoms with Gasteiger partial charge in [0.05, 0.1) is 0 Å². The molecule has 0 saturated heterocycles. The number of nitrogens with zero attached hydrogens (tertiary/aromatic N) is 2. The molecule has 0 saturated carbocycles. The van der Waals surface area contributed by atoms with E-state index in [1.165, 1.54) is 66.9 Å². The molecule has 0 aliphatic carbocycles. The van der Waals surface area contributed by atoms with Crippen molar-refractivity contribution < 1.29 is 8.83 Å². The Bertz CT molecular complexity index is 3350. The summed E-state index contributed by atoms with van der Waals surface area (Å²) in [6.45, 7) is 15.3. The zero-order chi connectivity index (χ0) is 41.7. The molecule has 0 radical (unpaired) electrons. The molecule has 4 heteroatoms. The SMILES string of the molecule is Cc1ccccc1N(c1ccc2cc3c(cc2c1)oc1c(C)c2oc4cc5cc(N(c6ccccc6C)c6cccc(C)c6C)ccc5cc4c2cc13)c1cccc(C)c1C. The van der Waals surface area contributed by atoms with E-state index >= 15 is 0 Å². The van der Waals surface area contributed by atoms with E-state index in [4.69, 9.17) is 8.83 Å². The normalized spacial score (nSPS) is 11.9. The van der Waals surface area contributed by atoms with Crippen LogP contribution in [0.3, 0.4) is 0 Å². The average molecular weight is 791 g/mol. The number of para-hydroxylation sites is 2. The number of rotatable bonds is 6. The molecule has 9 aromatic carbocycles. The van der Waals surface area contributed by atoms with Gasteiger partial charge in [0.25, 0.3) is 0 Å². The molecule has 0 amide bonds. The summed E-state index contributed by atoms with van der Waals surface area (Å²) in [7, 11) is 0. The average Bonchev–Trinajstić information content (AvgIpc) is 3.81. The van der Waals surface area contributed by atoms with Crippen LogP contribution in [-0.4, -0.2) is 0 Å². The maximum absolute atomic E-state index is 6.77. The standard InChI is InChI=1S/C57H46N2O2/c1-33-16-12-20-52(37(33)5)58(50-18-10-8-14-35(50)3)44-24-22-40-28-46-48-32-49-47-29-41-23-25-45(59(51-19-11-9-15-36(51)4)53-21-13-17-34(2)38(53)6)27-43(41)31-55(47)61-57(49)39(7)56(48)60-54(46)30-42(40)26-44/h8-32H,1-7H3. The Morgan fingerprint density at radius 3 is 1.16 bits per heavy atom. The molecule has 296 valence electrons. The quantitative estimate of drug-likeness (QED) is 0.168. The van der Waals surface area contributed by atoms with Crippen LogP contribution in [0.5, 0.6) is 0 Å². The Balaban J connectivity index is 1.04. The number of anilines is 6.